The highest BCUT2D eigenvalue weighted by atomic mass is 19.4. The van der Waals surface area contributed by atoms with Crippen LogP contribution in [0.4, 0.5) is 18.9 Å². The molecule has 0 radical (unpaired) electrons. The molecule has 0 amide bonds. The minimum absolute atomic E-state index is 0.00211. The molecule has 0 spiro atoms. The van der Waals surface area contributed by atoms with E-state index < -0.39 is 23.6 Å². The first-order chi connectivity index (χ1) is 14.1. The molecular weight excluding hydrogens is 399 g/mol. The summed E-state index contributed by atoms with van der Waals surface area (Å²) in [6.07, 6.45) is -3.55. The Kier molecular flexibility index (Phi) is 4.73. The number of nitrogens with zero attached hydrogens (tertiary/aromatic N) is 2. The van der Waals surface area contributed by atoms with Gasteiger partial charge in [0.05, 0.1) is 17.4 Å². The number of aliphatic hydroxyl groups is 1. The van der Waals surface area contributed by atoms with Crippen LogP contribution in [0.5, 0.6) is 11.5 Å². The van der Waals surface area contributed by atoms with Gasteiger partial charge >= 0.3 is 6.18 Å². The lowest BCUT2D eigenvalue weighted by atomic mass is 9.74. The van der Waals surface area contributed by atoms with Gasteiger partial charge in [0.1, 0.15) is 0 Å². The van der Waals surface area contributed by atoms with Gasteiger partial charge in [0.2, 0.25) is 6.79 Å². The minimum Gasteiger partial charge on any atom is -0.454 e. The van der Waals surface area contributed by atoms with E-state index in [2.05, 4.69) is 15.2 Å². The zero-order valence-corrected chi connectivity index (χ0v) is 16.3. The number of nitrogens with one attached hydrogen (secondary N) is 1. The highest BCUT2D eigenvalue weighted by Crippen LogP contribution is 2.46. The molecule has 3 aromatic rings. The zero-order valence-electron chi connectivity index (χ0n) is 16.3. The zero-order chi connectivity index (χ0) is 21.6. The topological polar surface area (TPSA) is 79.7 Å². The number of aromatic amines is 1. The summed E-state index contributed by atoms with van der Waals surface area (Å²) in [6, 6.07) is 9.99. The van der Waals surface area contributed by atoms with E-state index in [1.807, 2.05) is 0 Å². The van der Waals surface area contributed by atoms with Crippen LogP contribution in [0.15, 0.2) is 47.6 Å². The summed E-state index contributed by atoms with van der Waals surface area (Å²) in [7, 11) is 0. The Balaban J connectivity index is 1.71. The number of fused-ring (bicyclic) bond motifs is 2. The monoisotopic (exact) mass is 419 g/mol. The van der Waals surface area contributed by atoms with Crippen molar-refractivity contribution in [3.8, 4) is 11.5 Å². The number of hydrogen-bond acceptors (Lipinski definition) is 5. The SMILES string of the molecule is CC(C)(CC(O)(C=Nc1cccc2[nH]ncc12)C(F)(F)F)c1cccc2c1OCO2. The van der Waals surface area contributed by atoms with Crippen LogP contribution in [-0.4, -0.2) is 40.1 Å². The molecule has 4 rings (SSSR count). The fourth-order valence-corrected chi connectivity index (χ4v) is 3.69. The van der Waals surface area contributed by atoms with Crippen LogP contribution in [0.25, 0.3) is 10.9 Å². The highest BCUT2D eigenvalue weighted by molar-refractivity contribution is 5.91. The number of aliphatic imine (C=N–C) groups is 1. The molecule has 6 nitrogen and oxygen atoms in total. The molecule has 0 saturated carbocycles. The van der Waals surface area contributed by atoms with Gasteiger partial charge in [0.25, 0.3) is 0 Å². The lowest BCUT2D eigenvalue weighted by Crippen LogP contribution is -2.50. The summed E-state index contributed by atoms with van der Waals surface area (Å²) in [5.41, 5.74) is -2.83. The number of alkyl halides is 3. The number of H-pyrrole nitrogens is 1. The maximum atomic E-state index is 14.0. The van der Waals surface area contributed by atoms with Gasteiger partial charge in [-0.1, -0.05) is 32.0 Å². The first kappa shape index (κ1) is 20.2. The highest BCUT2D eigenvalue weighted by Gasteiger charge is 2.55. The predicted octanol–water partition coefficient (Wildman–Crippen LogP) is 4.66. The van der Waals surface area contributed by atoms with Crippen LogP contribution in [0.1, 0.15) is 25.8 Å². The fourth-order valence-electron chi connectivity index (χ4n) is 3.69. The first-order valence-electron chi connectivity index (χ1n) is 9.26. The third kappa shape index (κ3) is 3.49. The summed E-state index contributed by atoms with van der Waals surface area (Å²) >= 11 is 0. The summed E-state index contributed by atoms with van der Waals surface area (Å²) in [4.78, 5) is 3.98. The van der Waals surface area contributed by atoms with E-state index in [-0.39, 0.29) is 12.5 Å². The molecule has 1 atom stereocenters. The van der Waals surface area contributed by atoms with Crippen LogP contribution < -0.4 is 9.47 Å². The quantitative estimate of drug-likeness (QED) is 0.590. The summed E-state index contributed by atoms with van der Waals surface area (Å²) < 4.78 is 52.7. The average molecular weight is 419 g/mol. The summed E-state index contributed by atoms with van der Waals surface area (Å²) in [5.74, 6) is 0.864. The van der Waals surface area contributed by atoms with Gasteiger partial charge in [-0.2, -0.15) is 18.3 Å². The second-order valence-electron chi connectivity index (χ2n) is 7.89. The molecular formula is C21H20F3N3O3. The largest absolute Gasteiger partial charge is 0.454 e. The van der Waals surface area contributed by atoms with E-state index in [0.717, 1.165) is 0 Å². The van der Waals surface area contributed by atoms with E-state index in [0.29, 0.717) is 34.2 Å². The second kappa shape index (κ2) is 7.02. The van der Waals surface area contributed by atoms with Gasteiger partial charge < -0.3 is 14.6 Å². The number of hydrogen-bond donors (Lipinski definition) is 2. The Hall–Kier alpha value is -3.07. The van der Waals surface area contributed by atoms with Gasteiger partial charge in [-0.15, -0.1) is 0 Å². The molecule has 2 aromatic carbocycles. The number of rotatable bonds is 5. The van der Waals surface area contributed by atoms with Gasteiger partial charge in [-0.05, 0) is 30.0 Å². The lowest BCUT2D eigenvalue weighted by Gasteiger charge is -2.35. The van der Waals surface area contributed by atoms with Crippen LogP contribution in [0.3, 0.4) is 0 Å². The van der Waals surface area contributed by atoms with Crippen molar-refractivity contribution in [3.05, 3.63) is 48.2 Å². The lowest BCUT2D eigenvalue weighted by molar-refractivity contribution is -0.234. The maximum Gasteiger partial charge on any atom is 0.422 e. The van der Waals surface area contributed by atoms with Crippen molar-refractivity contribution in [1.29, 1.82) is 0 Å². The van der Waals surface area contributed by atoms with Gasteiger partial charge in [-0.25, -0.2) is 0 Å². The van der Waals surface area contributed by atoms with Crippen LogP contribution in [0, 0.1) is 0 Å². The molecule has 0 aliphatic carbocycles. The predicted molar refractivity (Wildman–Crippen MR) is 105 cm³/mol. The van der Waals surface area contributed by atoms with Crippen LogP contribution in [-0.2, 0) is 5.41 Å². The summed E-state index contributed by atoms with van der Waals surface area (Å²) in [5, 5.41) is 17.9. The van der Waals surface area contributed by atoms with Gasteiger partial charge in [0, 0.05) is 17.2 Å². The number of ether oxygens (including phenoxy) is 2. The van der Waals surface area contributed by atoms with Crippen molar-refractivity contribution in [2.24, 2.45) is 4.99 Å². The molecule has 1 aliphatic heterocycles. The normalized spacial score (nSPS) is 16.3. The van der Waals surface area contributed by atoms with Crippen molar-refractivity contribution in [2.45, 2.75) is 37.5 Å². The van der Waals surface area contributed by atoms with Crippen LogP contribution in [0.2, 0.25) is 0 Å². The van der Waals surface area contributed by atoms with E-state index in [4.69, 9.17) is 9.47 Å². The third-order valence-electron chi connectivity index (χ3n) is 5.21. The Bertz CT molecular complexity index is 1110. The number of benzene rings is 2. The first-order valence-corrected chi connectivity index (χ1v) is 9.26. The average Bonchev–Trinajstić information content (AvgIpc) is 3.33. The molecule has 1 aromatic heterocycles. The van der Waals surface area contributed by atoms with E-state index in [1.54, 1.807) is 50.2 Å². The second-order valence-corrected chi connectivity index (χ2v) is 7.89. The fraction of sp³-hybridized carbons (Fsp3) is 0.333. The maximum absolute atomic E-state index is 14.0. The molecule has 1 unspecified atom stereocenters. The Morgan fingerprint density at radius 1 is 1.17 bits per heavy atom. The number of aromatic nitrogens is 2. The molecule has 0 bridgehead atoms. The van der Waals surface area contributed by atoms with E-state index >= 15 is 0 Å². The Morgan fingerprint density at radius 2 is 1.93 bits per heavy atom. The number of halogens is 3. The van der Waals surface area contributed by atoms with Crippen molar-refractivity contribution < 1.29 is 27.8 Å². The van der Waals surface area contributed by atoms with Crippen molar-refractivity contribution in [3.63, 3.8) is 0 Å². The smallest absolute Gasteiger partial charge is 0.422 e. The molecule has 158 valence electrons. The van der Waals surface area contributed by atoms with Gasteiger partial charge in [0.15, 0.2) is 17.1 Å². The van der Waals surface area contributed by atoms with Crippen molar-refractivity contribution in [2.75, 3.05) is 6.79 Å². The Morgan fingerprint density at radius 3 is 2.70 bits per heavy atom. The van der Waals surface area contributed by atoms with E-state index in [1.165, 1.54) is 6.20 Å². The molecule has 9 heteroatoms. The summed E-state index contributed by atoms with van der Waals surface area (Å²) in [6.45, 7) is 3.24. The molecule has 2 heterocycles. The van der Waals surface area contributed by atoms with Crippen molar-refractivity contribution >= 4 is 22.8 Å². The van der Waals surface area contributed by atoms with Crippen molar-refractivity contribution in [1.82, 2.24) is 10.2 Å². The molecule has 2 N–H and O–H groups in total. The molecule has 0 saturated heterocycles. The number of para-hydroxylation sites is 1. The Labute approximate surface area is 170 Å². The minimum atomic E-state index is -4.94. The molecule has 1 aliphatic rings. The third-order valence-corrected chi connectivity index (χ3v) is 5.21. The standard InChI is InChI=1S/C21H20F3N3O3/c1-19(2,14-5-3-8-17-18(14)30-12-29-17)10-20(28,21(22,23)24)11-25-15-6-4-7-16-13(15)9-26-27-16/h3-9,11,28H,10,12H2,1-2H3,(H,26,27). The molecule has 30 heavy (non-hydrogen) atoms. The van der Waals surface area contributed by atoms with Gasteiger partial charge in [-0.3, -0.25) is 10.1 Å². The molecule has 0 fully saturated rings. The van der Waals surface area contributed by atoms with E-state index in [9.17, 15) is 18.3 Å². The van der Waals surface area contributed by atoms with Crippen LogP contribution >= 0.6 is 0 Å².